The largest absolute Gasteiger partial charge is 0.478 e. The van der Waals surface area contributed by atoms with E-state index in [4.69, 9.17) is 22.4 Å². The van der Waals surface area contributed by atoms with E-state index in [-0.39, 0.29) is 18.4 Å². The van der Waals surface area contributed by atoms with Gasteiger partial charge in [0.15, 0.2) is 0 Å². The number of carboxylic acid groups (broad SMARTS) is 1. The number of halogens is 2. The van der Waals surface area contributed by atoms with Crippen LogP contribution in [0.5, 0.6) is 0 Å². The molecule has 0 radical (unpaired) electrons. The van der Waals surface area contributed by atoms with E-state index in [0.29, 0.717) is 16.5 Å². The van der Waals surface area contributed by atoms with Gasteiger partial charge in [-0.3, -0.25) is 0 Å². The normalized spacial score (nSPS) is 22.0. The molecule has 0 aromatic heterocycles. The van der Waals surface area contributed by atoms with Crippen molar-refractivity contribution in [3.8, 4) is 0 Å². The van der Waals surface area contributed by atoms with Crippen LogP contribution in [-0.2, 0) is 6.42 Å². The van der Waals surface area contributed by atoms with Crippen LogP contribution in [0.1, 0.15) is 41.6 Å². The molecular weight excluding hydrogens is 285 g/mol. The van der Waals surface area contributed by atoms with Crippen molar-refractivity contribution in [1.82, 2.24) is 0 Å². The van der Waals surface area contributed by atoms with Gasteiger partial charge in [0.25, 0.3) is 0 Å². The standard InChI is InChI=1S/C14H18ClNO2.ClH/c15-11-6-7-12(14(17)18)10(8-11)5-4-9-2-1-3-13(9)16;/h6-9,13H,1-5,16H2,(H,17,18);1H/t9-,13+;/m1./s1. The Labute approximate surface area is 124 Å². The molecule has 0 heterocycles. The molecule has 0 bridgehead atoms. The van der Waals surface area contributed by atoms with Crippen molar-refractivity contribution in [2.75, 3.05) is 0 Å². The van der Waals surface area contributed by atoms with Gasteiger partial charge in [-0.1, -0.05) is 18.0 Å². The van der Waals surface area contributed by atoms with Crippen molar-refractivity contribution < 1.29 is 9.90 Å². The fraction of sp³-hybridized carbons (Fsp3) is 0.500. The van der Waals surface area contributed by atoms with E-state index in [1.165, 1.54) is 6.42 Å². The van der Waals surface area contributed by atoms with Crippen LogP contribution in [0, 0.1) is 5.92 Å². The topological polar surface area (TPSA) is 63.3 Å². The highest BCUT2D eigenvalue weighted by atomic mass is 35.5. The van der Waals surface area contributed by atoms with E-state index in [1.54, 1.807) is 18.2 Å². The maximum Gasteiger partial charge on any atom is 0.335 e. The van der Waals surface area contributed by atoms with E-state index < -0.39 is 5.97 Å². The quantitative estimate of drug-likeness (QED) is 0.894. The zero-order chi connectivity index (χ0) is 13.1. The third-order valence-electron chi connectivity index (χ3n) is 3.80. The average molecular weight is 304 g/mol. The van der Waals surface area contributed by atoms with E-state index in [0.717, 1.165) is 31.2 Å². The number of carbonyl (C=O) groups is 1. The first-order valence-electron chi connectivity index (χ1n) is 6.35. The Hall–Kier alpha value is -0.770. The number of aromatic carboxylic acids is 1. The molecule has 1 saturated carbocycles. The molecule has 0 unspecified atom stereocenters. The Bertz CT molecular complexity index is 451. The summed E-state index contributed by atoms with van der Waals surface area (Å²) < 4.78 is 0. The summed E-state index contributed by atoms with van der Waals surface area (Å²) in [5.74, 6) is -0.372. The van der Waals surface area contributed by atoms with Crippen LogP contribution in [0.4, 0.5) is 0 Å². The van der Waals surface area contributed by atoms with Gasteiger partial charge in [-0.2, -0.15) is 0 Å². The second-order valence-electron chi connectivity index (χ2n) is 5.00. The third-order valence-corrected chi connectivity index (χ3v) is 4.04. The Morgan fingerprint density at radius 2 is 2.16 bits per heavy atom. The minimum Gasteiger partial charge on any atom is -0.478 e. The molecule has 3 N–H and O–H groups in total. The minimum atomic E-state index is -0.891. The van der Waals surface area contributed by atoms with Gasteiger partial charge in [0.1, 0.15) is 0 Å². The van der Waals surface area contributed by atoms with Gasteiger partial charge in [0.05, 0.1) is 5.56 Å². The molecule has 0 saturated heterocycles. The zero-order valence-electron chi connectivity index (χ0n) is 10.6. The molecule has 0 aliphatic heterocycles. The summed E-state index contributed by atoms with van der Waals surface area (Å²) in [6.07, 6.45) is 5.12. The smallest absolute Gasteiger partial charge is 0.335 e. The number of benzene rings is 1. The Morgan fingerprint density at radius 1 is 1.42 bits per heavy atom. The van der Waals surface area contributed by atoms with E-state index in [9.17, 15) is 4.79 Å². The molecule has 1 aromatic rings. The molecule has 0 amide bonds. The first-order valence-corrected chi connectivity index (χ1v) is 6.73. The van der Waals surface area contributed by atoms with Crippen LogP contribution in [-0.4, -0.2) is 17.1 Å². The van der Waals surface area contributed by atoms with E-state index in [1.807, 2.05) is 0 Å². The third kappa shape index (κ3) is 4.10. The lowest BCUT2D eigenvalue weighted by Gasteiger charge is -2.15. The molecule has 1 fully saturated rings. The molecule has 1 aliphatic carbocycles. The van der Waals surface area contributed by atoms with Gasteiger partial charge in [-0.25, -0.2) is 4.79 Å². The fourth-order valence-electron chi connectivity index (χ4n) is 2.74. The van der Waals surface area contributed by atoms with Crippen LogP contribution >= 0.6 is 24.0 Å². The SMILES string of the molecule is Cl.N[C@H]1CCC[C@@H]1CCc1cc(Cl)ccc1C(=O)O. The summed E-state index contributed by atoms with van der Waals surface area (Å²) in [7, 11) is 0. The van der Waals surface area contributed by atoms with Crippen LogP contribution < -0.4 is 5.73 Å². The predicted octanol–water partition coefficient (Wildman–Crippen LogP) is 3.52. The lowest BCUT2D eigenvalue weighted by molar-refractivity contribution is 0.0695. The summed E-state index contributed by atoms with van der Waals surface area (Å²) in [4.78, 5) is 11.1. The minimum absolute atomic E-state index is 0. The highest BCUT2D eigenvalue weighted by molar-refractivity contribution is 6.30. The summed E-state index contributed by atoms with van der Waals surface area (Å²) in [5.41, 5.74) is 7.20. The van der Waals surface area contributed by atoms with Gasteiger partial charge in [0, 0.05) is 11.1 Å². The second kappa shape index (κ2) is 7.13. The van der Waals surface area contributed by atoms with Gasteiger partial charge in [-0.15, -0.1) is 12.4 Å². The molecular formula is C14H19Cl2NO2. The first-order chi connectivity index (χ1) is 8.58. The molecule has 106 valence electrons. The lowest BCUT2D eigenvalue weighted by atomic mass is 9.93. The molecule has 19 heavy (non-hydrogen) atoms. The van der Waals surface area contributed by atoms with Gasteiger partial charge >= 0.3 is 5.97 Å². The molecule has 1 aliphatic rings. The van der Waals surface area contributed by atoms with Crippen molar-refractivity contribution in [3.05, 3.63) is 34.3 Å². The molecule has 1 aromatic carbocycles. The predicted molar refractivity (Wildman–Crippen MR) is 79.3 cm³/mol. The molecule has 3 nitrogen and oxygen atoms in total. The van der Waals surface area contributed by atoms with E-state index >= 15 is 0 Å². The summed E-state index contributed by atoms with van der Waals surface area (Å²) in [5, 5.41) is 9.72. The molecule has 0 spiro atoms. The van der Waals surface area contributed by atoms with Crippen LogP contribution in [0.3, 0.4) is 0 Å². The van der Waals surface area contributed by atoms with Crippen LogP contribution in [0.15, 0.2) is 18.2 Å². The second-order valence-corrected chi connectivity index (χ2v) is 5.44. The van der Waals surface area contributed by atoms with Crippen molar-refractivity contribution >= 4 is 30.0 Å². The molecule has 2 rings (SSSR count). The van der Waals surface area contributed by atoms with Crippen molar-refractivity contribution in [3.63, 3.8) is 0 Å². The van der Waals surface area contributed by atoms with E-state index in [2.05, 4.69) is 0 Å². The zero-order valence-corrected chi connectivity index (χ0v) is 12.2. The van der Waals surface area contributed by atoms with Gasteiger partial charge in [-0.05, 0) is 55.4 Å². The highest BCUT2D eigenvalue weighted by Gasteiger charge is 2.24. The number of nitrogens with two attached hydrogens (primary N) is 1. The number of hydrogen-bond acceptors (Lipinski definition) is 2. The van der Waals surface area contributed by atoms with Crippen molar-refractivity contribution in [1.29, 1.82) is 0 Å². The summed E-state index contributed by atoms with van der Waals surface area (Å²) in [6.45, 7) is 0. The fourth-order valence-corrected chi connectivity index (χ4v) is 2.94. The Balaban J connectivity index is 0.00000180. The average Bonchev–Trinajstić information content (AvgIpc) is 2.72. The monoisotopic (exact) mass is 303 g/mol. The van der Waals surface area contributed by atoms with Gasteiger partial charge in [0.2, 0.25) is 0 Å². The van der Waals surface area contributed by atoms with Crippen molar-refractivity contribution in [2.45, 2.75) is 38.1 Å². The summed E-state index contributed by atoms with van der Waals surface area (Å²) >= 11 is 5.93. The number of aryl methyl sites for hydroxylation is 1. The number of carboxylic acids is 1. The molecule has 2 atom stereocenters. The first kappa shape index (κ1) is 16.3. The maximum atomic E-state index is 11.1. The lowest BCUT2D eigenvalue weighted by Crippen LogP contribution is -2.24. The molecule has 5 heteroatoms. The van der Waals surface area contributed by atoms with Crippen molar-refractivity contribution in [2.24, 2.45) is 11.7 Å². The van der Waals surface area contributed by atoms with Crippen LogP contribution in [0.25, 0.3) is 0 Å². The summed E-state index contributed by atoms with van der Waals surface area (Å²) in [6, 6.07) is 5.23. The Kier molecular flexibility index (Phi) is 6.11. The number of hydrogen-bond donors (Lipinski definition) is 2. The number of rotatable bonds is 4. The van der Waals surface area contributed by atoms with Gasteiger partial charge < -0.3 is 10.8 Å². The van der Waals surface area contributed by atoms with Crippen LogP contribution in [0.2, 0.25) is 5.02 Å². The maximum absolute atomic E-state index is 11.1. The highest BCUT2D eigenvalue weighted by Crippen LogP contribution is 2.29. The Morgan fingerprint density at radius 3 is 2.74 bits per heavy atom.